The van der Waals surface area contributed by atoms with E-state index in [1.165, 1.54) is 0 Å². The lowest BCUT2D eigenvalue weighted by molar-refractivity contribution is 0.281. The topological polar surface area (TPSA) is 29.5 Å². The minimum Gasteiger partial charge on any atom is -0.456 e. The van der Waals surface area contributed by atoms with Gasteiger partial charge in [0, 0.05) is 0 Å². The van der Waals surface area contributed by atoms with Crippen molar-refractivity contribution in [2.24, 2.45) is 0 Å². The summed E-state index contributed by atoms with van der Waals surface area (Å²) in [6.07, 6.45) is 0. The number of hydrogen-bond donors (Lipinski definition) is 1. The summed E-state index contributed by atoms with van der Waals surface area (Å²) in [5.74, 6) is 1.40. The summed E-state index contributed by atoms with van der Waals surface area (Å²) in [6.45, 7) is 3.97. The standard InChI is InChI=1S/C15H15ClO2/c1-10-3-5-13(16)15(7-10)18-14-6-4-12(9-17)8-11(14)2/h3-8,17H,9H2,1-2H3. The number of hydrogen-bond acceptors (Lipinski definition) is 2. The first-order valence-corrected chi connectivity index (χ1v) is 6.12. The maximum Gasteiger partial charge on any atom is 0.146 e. The number of aliphatic hydroxyl groups is 1. The van der Waals surface area contributed by atoms with Crippen LogP contribution in [-0.2, 0) is 6.61 Å². The fourth-order valence-corrected chi connectivity index (χ4v) is 1.89. The number of aliphatic hydroxyl groups excluding tert-OH is 1. The summed E-state index contributed by atoms with van der Waals surface area (Å²) >= 11 is 6.09. The van der Waals surface area contributed by atoms with E-state index in [2.05, 4.69) is 0 Å². The van der Waals surface area contributed by atoms with Gasteiger partial charge in [0.1, 0.15) is 11.5 Å². The van der Waals surface area contributed by atoms with Crippen LogP contribution >= 0.6 is 11.6 Å². The van der Waals surface area contributed by atoms with Crippen molar-refractivity contribution in [3.63, 3.8) is 0 Å². The van der Waals surface area contributed by atoms with Gasteiger partial charge in [-0.25, -0.2) is 0 Å². The molecule has 0 aliphatic heterocycles. The molecule has 0 aromatic heterocycles. The van der Waals surface area contributed by atoms with Gasteiger partial charge in [-0.3, -0.25) is 0 Å². The third-order valence-corrected chi connectivity index (χ3v) is 3.04. The van der Waals surface area contributed by atoms with E-state index in [9.17, 15) is 0 Å². The Kier molecular flexibility index (Phi) is 3.90. The third-order valence-electron chi connectivity index (χ3n) is 2.73. The van der Waals surface area contributed by atoms with E-state index in [-0.39, 0.29) is 6.61 Å². The van der Waals surface area contributed by atoms with Crippen LogP contribution in [0.1, 0.15) is 16.7 Å². The van der Waals surface area contributed by atoms with Crippen molar-refractivity contribution in [2.45, 2.75) is 20.5 Å². The van der Waals surface area contributed by atoms with Crippen molar-refractivity contribution >= 4 is 11.6 Å². The van der Waals surface area contributed by atoms with Crippen molar-refractivity contribution in [1.82, 2.24) is 0 Å². The second-order valence-electron chi connectivity index (χ2n) is 4.29. The Morgan fingerprint density at radius 3 is 2.50 bits per heavy atom. The van der Waals surface area contributed by atoms with E-state index >= 15 is 0 Å². The van der Waals surface area contributed by atoms with Crippen molar-refractivity contribution in [3.8, 4) is 11.5 Å². The average molecular weight is 263 g/mol. The molecule has 0 atom stereocenters. The molecule has 0 spiro atoms. The lowest BCUT2D eigenvalue weighted by atomic mass is 10.1. The molecule has 0 amide bonds. The summed E-state index contributed by atoms with van der Waals surface area (Å²) in [6, 6.07) is 11.3. The zero-order valence-electron chi connectivity index (χ0n) is 10.4. The van der Waals surface area contributed by atoms with Gasteiger partial charge >= 0.3 is 0 Å². The number of rotatable bonds is 3. The average Bonchev–Trinajstić information content (AvgIpc) is 2.36. The molecule has 0 saturated heterocycles. The van der Waals surface area contributed by atoms with Crippen LogP contribution in [0.2, 0.25) is 5.02 Å². The maximum atomic E-state index is 9.06. The zero-order chi connectivity index (χ0) is 13.1. The summed E-state index contributed by atoms with van der Waals surface area (Å²) in [7, 11) is 0. The molecule has 0 aliphatic rings. The van der Waals surface area contributed by atoms with E-state index in [1.54, 1.807) is 0 Å². The van der Waals surface area contributed by atoms with Crippen molar-refractivity contribution in [1.29, 1.82) is 0 Å². The van der Waals surface area contributed by atoms with Crippen LogP contribution in [0, 0.1) is 13.8 Å². The van der Waals surface area contributed by atoms with Gasteiger partial charge in [0.15, 0.2) is 0 Å². The van der Waals surface area contributed by atoms with Gasteiger partial charge in [-0.05, 0) is 48.7 Å². The second kappa shape index (κ2) is 5.42. The van der Waals surface area contributed by atoms with Gasteiger partial charge in [-0.1, -0.05) is 29.8 Å². The molecule has 2 nitrogen and oxygen atoms in total. The minimum absolute atomic E-state index is 0.0340. The van der Waals surface area contributed by atoms with Gasteiger partial charge in [-0.2, -0.15) is 0 Å². The van der Waals surface area contributed by atoms with E-state index in [0.29, 0.717) is 10.8 Å². The highest BCUT2D eigenvalue weighted by Crippen LogP contribution is 2.32. The summed E-state index contributed by atoms with van der Waals surface area (Å²) in [5, 5.41) is 9.65. The minimum atomic E-state index is 0.0340. The Bertz CT molecular complexity index is 564. The smallest absolute Gasteiger partial charge is 0.146 e. The molecule has 0 bridgehead atoms. The fourth-order valence-electron chi connectivity index (χ4n) is 1.73. The van der Waals surface area contributed by atoms with Crippen molar-refractivity contribution < 1.29 is 9.84 Å². The lowest BCUT2D eigenvalue weighted by Crippen LogP contribution is -1.91. The largest absolute Gasteiger partial charge is 0.456 e. The van der Waals surface area contributed by atoms with Crippen molar-refractivity contribution in [2.75, 3.05) is 0 Å². The normalized spacial score (nSPS) is 10.4. The van der Waals surface area contributed by atoms with Crippen LogP contribution in [0.25, 0.3) is 0 Å². The Hall–Kier alpha value is -1.51. The Morgan fingerprint density at radius 1 is 1.06 bits per heavy atom. The van der Waals surface area contributed by atoms with Crippen LogP contribution in [0.3, 0.4) is 0 Å². The number of halogens is 1. The number of ether oxygens (including phenoxy) is 1. The van der Waals surface area contributed by atoms with E-state index < -0.39 is 0 Å². The van der Waals surface area contributed by atoms with Crippen LogP contribution in [-0.4, -0.2) is 5.11 Å². The first-order chi connectivity index (χ1) is 8.60. The van der Waals surface area contributed by atoms with Gasteiger partial charge in [0.05, 0.1) is 11.6 Å². The molecular formula is C15H15ClO2. The van der Waals surface area contributed by atoms with Gasteiger partial charge in [0.2, 0.25) is 0 Å². The molecule has 1 N–H and O–H groups in total. The molecule has 2 aromatic carbocycles. The Morgan fingerprint density at radius 2 is 1.83 bits per heavy atom. The van der Waals surface area contributed by atoms with Gasteiger partial charge in [0.25, 0.3) is 0 Å². The molecule has 0 unspecified atom stereocenters. The monoisotopic (exact) mass is 262 g/mol. The molecule has 18 heavy (non-hydrogen) atoms. The molecule has 2 aromatic rings. The van der Waals surface area contributed by atoms with Crippen LogP contribution in [0.15, 0.2) is 36.4 Å². The fraction of sp³-hybridized carbons (Fsp3) is 0.200. The summed E-state index contributed by atoms with van der Waals surface area (Å²) < 4.78 is 5.81. The van der Waals surface area contributed by atoms with E-state index in [0.717, 1.165) is 22.4 Å². The van der Waals surface area contributed by atoms with Gasteiger partial charge in [-0.15, -0.1) is 0 Å². The molecule has 3 heteroatoms. The molecule has 0 saturated carbocycles. The first-order valence-electron chi connectivity index (χ1n) is 5.74. The molecule has 94 valence electrons. The molecular weight excluding hydrogens is 248 g/mol. The van der Waals surface area contributed by atoms with Crippen LogP contribution in [0.4, 0.5) is 0 Å². The van der Waals surface area contributed by atoms with Crippen LogP contribution < -0.4 is 4.74 Å². The Labute approximate surface area is 112 Å². The first kappa shape index (κ1) is 12.9. The highest BCUT2D eigenvalue weighted by atomic mass is 35.5. The quantitative estimate of drug-likeness (QED) is 0.896. The highest BCUT2D eigenvalue weighted by molar-refractivity contribution is 6.32. The maximum absolute atomic E-state index is 9.06. The SMILES string of the molecule is Cc1ccc(Cl)c(Oc2ccc(CO)cc2C)c1. The lowest BCUT2D eigenvalue weighted by Gasteiger charge is -2.11. The predicted octanol–water partition coefficient (Wildman–Crippen LogP) is 4.24. The number of benzene rings is 2. The highest BCUT2D eigenvalue weighted by Gasteiger charge is 2.06. The molecule has 0 heterocycles. The molecule has 0 aliphatic carbocycles. The molecule has 2 rings (SSSR count). The number of aryl methyl sites for hydroxylation is 2. The third kappa shape index (κ3) is 2.84. The molecule has 0 radical (unpaired) electrons. The van der Waals surface area contributed by atoms with Crippen LogP contribution in [0.5, 0.6) is 11.5 Å². The predicted molar refractivity (Wildman–Crippen MR) is 73.4 cm³/mol. The Balaban J connectivity index is 2.31. The second-order valence-corrected chi connectivity index (χ2v) is 4.70. The molecule has 0 fully saturated rings. The van der Waals surface area contributed by atoms with E-state index in [1.807, 2.05) is 50.2 Å². The zero-order valence-corrected chi connectivity index (χ0v) is 11.2. The van der Waals surface area contributed by atoms with Crippen molar-refractivity contribution in [3.05, 3.63) is 58.1 Å². The van der Waals surface area contributed by atoms with E-state index in [4.69, 9.17) is 21.4 Å². The summed E-state index contributed by atoms with van der Waals surface area (Å²) in [5.41, 5.74) is 2.94. The van der Waals surface area contributed by atoms with Gasteiger partial charge < -0.3 is 9.84 Å². The summed E-state index contributed by atoms with van der Waals surface area (Å²) in [4.78, 5) is 0.